The van der Waals surface area contributed by atoms with E-state index in [1.807, 2.05) is 0 Å². The lowest BCUT2D eigenvalue weighted by molar-refractivity contribution is -0.141. The molecular formula is C14H15N3O4. The SMILES string of the molecule is NC(=O)Cc1ccc(NC(=O)CN2C(=O)CCC2=O)cc1. The minimum absolute atomic E-state index is 0.130. The smallest absolute Gasteiger partial charge is 0.244 e. The van der Waals surface area contributed by atoms with E-state index in [4.69, 9.17) is 5.73 Å². The highest BCUT2D eigenvalue weighted by Crippen LogP contribution is 2.13. The van der Waals surface area contributed by atoms with Crippen LogP contribution < -0.4 is 11.1 Å². The Bertz CT molecular complexity index is 579. The second kappa shape index (κ2) is 6.17. The molecule has 0 atom stereocenters. The average molecular weight is 289 g/mol. The van der Waals surface area contributed by atoms with Gasteiger partial charge in [0.1, 0.15) is 6.54 Å². The molecule has 7 nitrogen and oxygen atoms in total. The topological polar surface area (TPSA) is 110 Å². The maximum atomic E-state index is 11.8. The predicted molar refractivity (Wildman–Crippen MR) is 73.9 cm³/mol. The molecule has 7 heteroatoms. The van der Waals surface area contributed by atoms with Crippen LogP contribution in [-0.4, -0.2) is 35.1 Å². The van der Waals surface area contributed by atoms with E-state index in [2.05, 4.69) is 5.32 Å². The number of nitrogens with two attached hydrogens (primary N) is 1. The summed E-state index contributed by atoms with van der Waals surface area (Å²) in [5.41, 5.74) is 6.34. The molecule has 1 fully saturated rings. The van der Waals surface area contributed by atoms with Crippen molar-refractivity contribution in [3.8, 4) is 0 Å². The van der Waals surface area contributed by atoms with Crippen molar-refractivity contribution in [2.75, 3.05) is 11.9 Å². The van der Waals surface area contributed by atoms with E-state index in [1.54, 1.807) is 24.3 Å². The molecule has 1 aliphatic rings. The van der Waals surface area contributed by atoms with Gasteiger partial charge in [0, 0.05) is 18.5 Å². The summed E-state index contributed by atoms with van der Waals surface area (Å²) in [4.78, 5) is 46.3. The summed E-state index contributed by atoms with van der Waals surface area (Å²) in [6.45, 7) is -0.277. The van der Waals surface area contributed by atoms with Crippen LogP contribution in [0.25, 0.3) is 0 Å². The number of anilines is 1. The zero-order valence-corrected chi connectivity index (χ0v) is 11.3. The van der Waals surface area contributed by atoms with E-state index < -0.39 is 11.8 Å². The number of carbonyl (C=O) groups is 4. The van der Waals surface area contributed by atoms with Gasteiger partial charge in [-0.3, -0.25) is 24.1 Å². The molecule has 110 valence electrons. The number of nitrogens with one attached hydrogen (secondary N) is 1. The second-order valence-electron chi connectivity index (χ2n) is 4.76. The molecule has 0 bridgehead atoms. The number of rotatable bonds is 5. The number of hydrogen-bond donors (Lipinski definition) is 2. The third-order valence-corrected chi connectivity index (χ3v) is 3.07. The molecule has 4 amide bonds. The van der Waals surface area contributed by atoms with Gasteiger partial charge in [0.15, 0.2) is 0 Å². The Hall–Kier alpha value is -2.70. The van der Waals surface area contributed by atoms with E-state index in [1.165, 1.54) is 0 Å². The van der Waals surface area contributed by atoms with Crippen molar-refractivity contribution in [2.24, 2.45) is 5.73 Å². The summed E-state index contributed by atoms with van der Waals surface area (Å²) in [5.74, 6) is -1.53. The second-order valence-corrected chi connectivity index (χ2v) is 4.76. The first-order valence-electron chi connectivity index (χ1n) is 6.46. The lowest BCUT2D eigenvalue weighted by Crippen LogP contribution is -2.36. The minimum Gasteiger partial charge on any atom is -0.369 e. The molecule has 1 aliphatic heterocycles. The molecule has 0 aromatic heterocycles. The molecule has 0 spiro atoms. The van der Waals surface area contributed by atoms with Crippen molar-refractivity contribution in [1.29, 1.82) is 0 Å². The Labute approximate surface area is 121 Å². The average Bonchev–Trinajstić information content (AvgIpc) is 2.72. The fourth-order valence-corrected chi connectivity index (χ4v) is 2.05. The van der Waals surface area contributed by atoms with Gasteiger partial charge in [-0.05, 0) is 17.7 Å². The monoisotopic (exact) mass is 289 g/mol. The van der Waals surface area contributed by atoms with Crippen molar-refractivity contribution < 1.29 is 19.2 Å². The molecule has 2 rings (SSSR count). The van der Waals surface area contributed by atoms with Crippen LogP contribution in [0.15, 0.2) is 24.3 Å². The number of imide groups is 1. The number of carbonyl (C=O) groups excluding carboxylic acids is 4. The third-order valence-electron chi connectivity index (χ3n) is 3.07. The lowest BCUT2D eigenvalue weighted by Gasteiger charge is -2.13. The fraction of sp³-hybridized carbons (Fsp3) is 0.286. The van der Waals surface area contributed by atoms with Crippen LogP contribution in [0.5, 0.6) is 0 Å². The quantitative estimate of drug-likeness (QED) is 0.731. The molecule has 1 aromatic rings. The van der Waals surface area contributed by atoms with Gasteiger partial charge in [0.2, 0.25) is 23.6 Å². The Morgan fingerprint density at radius 3 is 2.19 bits per heavy atom. The highest BCUT2D eigenvalue weighted by Gasteiger charge is 2.30. The Kier molecular flexibility index (Phi) is 4.32. The number of hydrogen-bond acceptors (Lipinski definition) is 4. The molecule has 0 radical (unpaired) electrons. The molecule has 3 N–H and O–H groups in total. The molecule has 0 unspecified atom stereocenters. The van der Waals surface area contributed by atoms with Crippen LogP contribution in [0.4, 0.5) is 5.69 Å². The van der Waals surface area contributed by atoms with Gasteiger partial charge in [-0.1, -0.05) is 12.1 Å². The van der Waals surface area contributed by atoms with Gasteiger partial charge in [0.05, 0.1) is 6.42 Å². The molecular weight excluding hydrogens is 274 g/mol. The zero-order valence-electron chi connectivity index (χ0n) is 11.3. The Morgan fingerprint density at radius 2 is 1.67 bits per heavy atom. The zero-order chi connectivity index (χ0) is 15.4. The predicted octanol–water partition coefficient (Wildman–Crippen LogP) is -0.198. The van der Waals surface area contributed by atoms with Crippen LogP contribution in [0.3, 0.4) is 0 Å². The third kappa shape index (κ3) is 3.88. The van der Waals surface area contributed by atoms with Crippen LogP contribution in [0.1, 0.15) is 18.4 Å². The molecule has 1 aromatic carbocycles. The first kappa shape index (κ1) is 14.7. The minimum atomic E-state index is -0.443. The highest BCUT2D eigenvalue weighted by molar-refractivity contribution is 6.06. The fourth-order valence-electron chi connectivity index (χ4n) is 2.05. The van der Waals surface area contributed by atoms with Gasteiger partial charge >= 0.3 is 0 Å². The summed E-state index contributed by atoms with van der Waals surface area (Å²) in [5, 5.41) is 2.59. The number of amides is 4. The first-order valence-corrected chi connectivity index (χ1v) is 6.46. The summed E-state index contributed by atoms with van der Waals surface area (Å²) in [6.07, 6.45) is 0.451. The van der Waals surface area contributed by atoms with Crippen molar-refractivity contribution in [2.45, 2.75) is 19.3 Å². The number of benzene rings is 1. The lowest BCUT2D eigenvalue weighted by atomic mass is 10.1. The van der Waals surface area contributed by atoms with E-state index in [0.29, 0.717) is 5.69 Å². The molecule has 1 heterocycles. The van der Waals surface area contributed by atoms with Crippen molar-refractivity contribution in [1.82, 2.24) is 4.90 Å². The first-order chi connectivity index (χ1) is 9.95. The maximum Gasteiger partial charge on any atom is 0.244 e. The van der Waals surface area contributed by atoms with Crippen molar-refractivity contribution >= 4 is 29.3 Å². The normalized spacial score (nSPS) is 14.4. The van der Waals surface area contributed by atoms with E-state index >= 15 is 0 Å². The molecule has 0 aliphatic carbocycles. The largest absolute Gasteiger partial charge is 0.369 e. The summed E-state index contributed by atoms with van der Waals surface area (Å²) < 4.78 is 0. The summed E-state index contributed by atoms with van der Waals surface area (Å²) in [7, 11) is 0. The van der Waals surface area contributed by atoms with Gasteiger partial charge in [0.25, 0.3) is 0 Å². The van der Waals surface area contributed by atoms with E-state index in [9.17, 15) is 19.2 Å². The van der Waals surface area contributed by atoms with Crippen LogP contribution in [0.2, 0.25) is 0 Å². The maximum absolute atomic E-state index is 11.8. The highest BCUT2D eigenvalue weighted by atomic mass is 16.2. The van der Waals surface area contributed by atoms with Crippen LogP contribution >= 0.6 is 0 Å². The van der Waals surface area contributed by atoms with Gasteiger partial charge < -0.3 is 11.1 Å². The van der Waals surface area contributed by atoms with Gasteiger partial charge in [-0.15, -0.1) is 0 Å². The van der Waals surface area contributed by atoms with Crippen LogP contribution in [0, 0.1) is 0 Å². The Balaban J connectivity index is 1.92. The molecule has 21 heavy (non-hydrogen) atoms. The van der Waals surface area contributed by atoms with Crippen molar-refractivity contribution in [3.05, 3.63) is 29.8 Å². The molecule has 0 saturated carbocycles. The standard InChI is InChI=1S/C14H15N3O4/c15-11(18)7-9-1-3-10(4-2-9)16-12(19)8-17-13(20)5-6-14(17)21/h1-4H,5-8H2,(H2,15,18)(H,16,19). The van der Waals surface area contributed by atoms with Crippen molar-refractivity contribution in [3.63, 3.8) is 0 Å². The number of nitrogens with zero attached hydrogens (tertiary/aromatic N) is 1. The van der Waals surface area contributed by atoms with Gasteiger partial charge in [-0.25, -0.2) is 0 Å². The van der Waals surface area contributed by atoms with E-state index in [-0.39, 0.29) is 37.6 Å². The Morgan fingerprint density at radius 1 is 1.10 bits per heavy atom. The number of likely N-dealkylation sites (tertiary alicyclic amines) is 1. The van der Waals surface area contributed by atoms with Crippen LogP contribution in [-0.2, 0) is 25.6 Å². The summed E-state index contributed by atoms with van der Waals surface area (Å²) in [6, 6.07) is 6.60. The summed E-state index contributed by atoms with van der Waals surface area (Å²) >= 11 is 0. The van der Waals surface area contributed by atoms with E-state index in [0.717, 1.165) is 10.5 Å². The number of primary amides is 1. The molecule has 1 saturated heterocycles. The van der Waals surface area contributed by atoms with Gasteiger partial charge in [-0.2, -0.15) is 0 Å².